The van der Waals surface area contributed by atoms with Crippen molar-refractivity contribution >= 4 is 23.4 Å². The first-order valence-electron chi connectivity index (χ1n) is 8.22. The van der Waals surface area contributed by atoms with Crippen LogP contribution in [0.15, 0.2) is 72.1 Å². The minimum atomic E-state index is -4.75. The molecule has 0 bridgehead atoms. The molecule has 28 heavy (non-hydrogen) atoms. The van der Waals surface area contributed by atoms with Crippen LogP contribution in [0.4, 0.5) is 18.9 Å². The summed E-state index contributed by atoms with van der Waals surface area (Å²) in [5, 5.41) is 3.33. The monoisotopic (exact) mass is 407 g/mol. The summed E-state index contributed by atoms with van der Waals surface area (Å²) >= 11 is 1.28. The average molecular weight is 407 g/mol. The van der Waals surface area contributed by atoms with Gasteiger partial charge in [-0.1, -0.05) is 42.1 Å². The van der Waals surface area contributed by atoms with Crippen LogP contribution in [0.5, 0.6) is 5.75 Å². The minimum absolute atomic E-state index is 0.118. The van der Waals surface area contributed by atoms with Gasteiger partial charge in [-0.2, -0.15) is 0 Å². The Morgan fingerprint density at radius 1 is 1.11 bits per heavy atom. The molecule has 0 aliphatic heterocycles. The lowest BCUT2D eigenvalue weighted by atomic mass is 10.2. The minimum Gasteiger partial charge on any atom is -0.406 e. The van der Waals surface area contributed by atoms with Crippen molar-refractivity contribution < 1.29 is 22.7 Å². The van der Waals surface area contributed by atoms with Crippen molar-refractivity contribution in [2.24, 2.45) is 0 Å². The van der Waals surface area contributed by atoms with Crippen LogP contribution < -0.4 is 10.1 Å². The first-order chi connectivity index (χ1) is 13.4. The van der Waals surface area contributed by atoms with Crippen LogP contribution in [0.25, 0.3) is 0 Å². The van der Waals surface area contributed by atoms with Gasteiger partial charge in [0.2, 0.25) is 5.91 Å². The van der Waals surface area contributed by atoms with E-state index in [0.717, 1.165) is 17.7 Å². The van der Waals surface area contributed by atoms with Crippen LogP contribution in [0, 0.1) is 0 Å². The first-order valence-corrected chi connectivity index (χ1v) is 9.21. The number of benzene rings is 2. The Morgan fingerprint density at radius 3 is 2.50 bits per heavy atom. The first kappa shape index (κ1) is 19.8. The number of amides is 1. The number of hydrogen-bond donors (Lipinski definition) is 1. The van der Waals surface area contributed by atoms with Gasteiger partial charge in [-0.3, -0.25) is 4.79 Å². The van der Waals surface area contributed by atoms with E-state index >= 15 is 0 Å². The van der Waals surface area contributed by atoms with E-state index in [0.29, 0.717) is 17.4 Å². The number of nitrogens with one attached hydrogen (secondary N) is 1. The van der Waals surface area contributed by atoms with Crippen molar-refractivity contribution in [1.29, 1.82) is 0 Å². The number of hydrogen-bond acceptors (Lipinski definition) is 4. The molecule has 0 radical (unpaired) electrons. The number of aromatic nitrogens is 2. The van der Waals surface area contributed by atoms with Gasteiger partial charge in [0.1, 0.15) is 5.75 Å². The number of alkyl halides is 3. The molecule has 1 amide bonds. The molecule has 0 saturated carbocycles. The smallest absolute Gasteiger partial charge is 0.406 e. The molecule has 0 saturated heterocycles. The molecule has 3 rings (SSSR count). The quantitative estimate of drug-likeness (QED) is 0.584. The molecular weight excluding hydrogens is 391 g/mol. The highest BCUT2D eigenvalue weighted by atomic mass is 32.2. The SMILES string of the molecule is O=C(CSc1nccn1Cc1ccccc1)Nc1ccc(OC(F)(F)F)cc1. The Morgan fingerprint density at radius 2 is 1.82 bits per heavy atom. The number of imidazole rings is 1. The summed E-state index contributed by atoms with van der Waals surface area (Å²) in [6.07, 6.45) is -1.24. The van der Waals surface area contributed by atoms with Crippen LogP contribution in [0.2, 0.25) is 0 Å². The maximum atomic E-state index is 12.2. The van der Waals surface area contributed by atoms with Gasteiger partial charge in [-0.05, 0) is 29.8 Å². The molecule has 0 aliphatic carbocycles. The summed E-state index contributed by atoms with van der Waals surface area (Å²) in [5.74, 6) is -0.515. The lowest BCUT2D eigenvalue weighted by Crippen LogP contribution is -2.17. The van der Waals surface area contributed by atoms with Gasteiger partial charge in [0.15, 0.2) is 5.16 Å². The van der Waals surface area contributed by atoms with E-state index in [1.165, 1.54) is 23.9 Å². The Labute approximate surface area is 163 Å². The van der Waals surface area contributed by atoms with E-state index in [-0.39, 0.29) is 17.4 Å². The summed E-state index contributed by atoms with van der Waals surface area (Å²) in [6.45, 7) is 0.644. The number of rotatable bonds is 7. The molecule has 0 atom stereocenters. The average Bonchev–Trinajstić information content (AvgIpc) is 3.08. The van der Waals surface area contributed by atoms with E-state index in [1.807, 2.05) is 41.1 Å². The lowest BCUT2D eigenvalue weighted by Gasteiger charge is -2.10. The number of ether oxygens (including phenoxy) is 1. The van der Waals surface area contributed by atoms with Crippen molar-refractivity contribution in [3.8, 4) is 5.75 Å². The van der Waals surface area contributed by atoms with Crippen LogP contribution in [-0.4, -0.2) is 27.6 Å². The third kappa shape index (κ3) is 6.05. The Balaban J connectivity index is 1.52. The maximum absolute atomic E-state index is 12.2. The Bertz CT molecular complexity index is 912. The molecule has 9 heteroatoms. The molecule has 3 aromatic rings. The second kappa shape index (κ2) is 8.83. The molecule has 146 valence electrons. The summed E-state index contributed by atoms with van der Waals surface area (Å²) in [5.41, 5.74) is 1.50. The van der Waals surface area contributed by atoms with E-state index in [9.17, 15) is 18.0 Å². The van der Waals surface area contributed by atoms with E-state index in [4.69, 9.17) is 0 Å². The van der Waals surface area contributed by atoms with Crippen LogP contribution in [0.3, 0.4) is 0 Å². The fraction of sp³-hybridized carbons (Fsp3) is 0.158. The molecule has 5 nitrogen and oxygen atoms in total. The van der Waals surface area contributed by atoms with Crippen molar-refractivity contribution in [1.82, 2.24) is 9.55 Å². The van der Waals surface area contributed by atoms with Gasteiger partial charge in [0.25, 0.3) is 0 Å². The van der Waals surface area contributed by atoms with Gasteiger partial charge in [-0.25, -0.2) is 4.98 Å². The zero-order valence-corrected chi connectivity index (χ0v) is 15.3. The molecule has 2 aromatic carbocycles. The maximum Gasteiger partial charge on any atom is 0.573 e. The molecule has 0 fully saturated rings. The number of carbonyl (C=O) groups excluding carboxylic acids is 1. The van der Waals surface area contributed by atoms with Gasteiger partial charge >= 0.3 is 6.36 Å². The Kier molecular flexibility index (Phi) is 6.25. The van der Waals surface area contributed by atoms with Crippen LogP contribution in [0.1, 0.15) is 5.56 Å². The van der Waals surface area contributed by atoms with Crippen molar-refractivity contribution in [2.45, 2.75) is 18.1 Å². The van der Waals surface area contributed by atoms with Crippen molar-refractivity contribution in [3.63, 3.8) is 0 Å². The van der Waals surface area contributed by atoms with Gasteiger partial charge in [0, 0.05) is 24.6 Å². The van der Waals surface area contributed by atoms with Gasteiger partial charge in [0.05, 0.1) is 5.75 Å². The summed E-state index contributed by atoms with van der Waals surface area (Å²) in [6, 6.07) is 14.8. The van der Waals surface area contributed by atoms with Gasteiger partial charge < -0.3 is 14.6 Å². The lowest BCUT2D eigenvalue weighted by molar-refractivity contribution is -0.274. The number of thioether (sulfide) groups is 1. The molecule has 1 N–H and O–H groups in total. The van der Waals surface area contributed by atoms with Gasteiger partial charge in [-0.15, -0.1) is 13.2 Å². The normalized spacial score (nSPS) is 11.2. The molecule has 1 heterocycles. The molecule has 0 unspecified atom stereocenters. The number of anilines is 1. The summed E-state index contributed by atoms with van der Waals surface area (Å²) in [4.78, 5) is 16.4. The van der Waals surface area contributed by atoms with E-state index in [1.54, 1.807) is 6.20 Å². The summed E-state index contributed by atoms with van der Waals surface area (Å²) in [7, 11) is 0. The van der Waals surface area contributed by atoms with Crippen molar-refractivity contribution in [2.75, 3.05) is 11.1 Å². The fourth-order valence-corrected chi connectivity index (χ4v) is 3.16. The predicted octanol–water partition coefficient (Wildman–Crippen LogP) is 4.56. The predicted molar refractivity (Wildman–Crippen MR) is 100 cm³/mol. The molecular formula is C19H16F3N3O2S. The molecule has 0 aliphatic rings. The zero-order chi connectivity index (χ0) is 20.0. The second-order valence-corrected chi connectivity index (χ2v) is 6.67. The molecule has 1 aromatic heterocycles. The second-order valence-electron chi connectivity index (χ2n) is 5.73. The largest absolute Gasteiger partial charge is 0.573 e. The number of nitrogens with zero attached hydrogens (tertiary/aromatic N) is 2. The highest BCUT2D eigenvalue weighted by molar-refractivity contribution is 7.99. The van der Waals surface area contributed by atoms with Crippen LogP contribution in [-0.2, 0) is 11.3 Å². The Hall–Kier alpha value is -2.94. The third-order valence-electron chi connectivity index (χ3n) is 3.58. The molecule has 0 spiro atoms. The zero-order valence-electron chi connectivity index (χ0n) is 14.5. The topological polar surface area (TPSA) is 56.2 Å². The highest BCUT2D eigenvalue weighted by Crippen LogP contribution is 2.24. The third-order valence-corrected chi connectivity index (χ3v) is 4.58. The fourth-order valence-electron chi connectivity index (χ4n) is 2.40. The standard InChI is InChI=1S/C19H16F3N3O2S/c20-19(21,22)27-16-8-6-15(7-9-16)24-17(26)13-28-18-23-10-11-25(18)12-14-4-2-1-3-5-14/h1-11H,12-13H2,(H,24,26). The number of halogens is 3. The van der Waals surface area contributed by atoms with Crippen LogP contribution >= 0.6 is 11.8 Å². The summed E-state index contributed by atoms with van der Waals surface area (Å²) < 4.78 is 42.2. The highest BCUT2D eigenvalue weighted by Gasteiger charge is 2.30. The van der Waals surface area contributed by atoms with E-state index < -0.39 is 6.36 Å². The van der Waals surface area contributed by atoms with Crippen molar-refractivity contribution in [3.05, 3.63) is 72.6 Å². The van der Waals surface area contributed by atoms with E-state index in [2.05, 4.69) is 15.0 Å². The number of carbonyl (C=O) groups is 1.